The van der Waals surface area contributed by atoms with Crippen LogP contribution in [-0.2, 0) is 9.53 Å². The van der Waals surface area contributed by atoms with Crippen molar-refractivity contribution in [1.82, 2.24) is 20.3 Å². The third-order valence-electron chi connectivity index (χ3n) is 2.79. The van der Waals surface area contributed by atoms with Gasteiger partial charge in [0.1, 0.15) is 0 Å². The average molecular weight is 362 g/mol. The van der Waals surface area contributed by atoms with Gasteiger partial charge in [-0.2, -0.15) is 15.0 Å². The minimum absolute atomic E-state index is 0.0132. The molecule has 1 aliphatic heterocycles. The lowest BCUT2D eigenvalue weighted by Crippen LogP contribution is -2.52. The van der Waals surface area contributed by atoms with Gasteiger partial charge in [-0.05, 0) is 19.9 Å². The van der Waals surface area contributed by atoms with E-state index in [1.165, 1.54) is 12.4 Å². The first-order chi connectivity index (χ1) is 12.1. The second-order valence-electron chi connectivity index (χ2n) is 5.14. The molecule has 1 aromatic heterocycles. The SMILES string of the molecule is C=C(C)C(=O)OC(C)c1nc(N)nc(N)n1.C=CC1(N)N=C(N)N=CN1. The summed E-state index contributed by atoms with van der Waals surface area (Å²) in [6, 6.07) is 0. The van der Waals surface area contributed by atoms with E-state index in [4.69, 9.17) is 27.7 Å². The number of aliphatic imine (C=N–C) groups is 2. The number of carbonyl (C=O) groups excluding carboxylic acids is 1. The molecule has 9 N–H and O–H groups in total. The third-order valence-corrected chi connectivity index (χ3v) is 2.79. The van der Waals surface area contributed by atoms with E-state index in [-0.39, 0.29) is 23.7 Å². The number of guanidine groups is 1. The summed E-state index contributed by atoms with van der Waals surface area (Å²) in [4.78, 5) is 29.9. The fourth-order valence-electron chi connectivity index (χ4n) is 1.48. The molecule has 2 rings (SSSR count). The van der Waals surface area contributed by atoms with Crippen LogP contribution in [0, 0.1) is 0 Å². The van der Waals surface area contributed by atoms with Crippen molar-refractivity contribution in [2.24, 2.45) is 21.5 Å². The van der Waals surface area contributed by atoms with Gasteiger partial charge in [-0.1, -0.05) is 13.2 Å². The Morgan fingerprint density at radius 2 is 1.88 bits per heavy atom. The van der Waals surface area contributed by atoms with E-state index in [2.05, 4.69) is 43.4 Å². The Morgan fingerprint density at radius 3 is 2.31 bits per heavy atom. The van der Waals surface area contributed by atoms with Crippen LogP contribution in [0.5, 0.6) is 0 Å². The van der Waals surface area contributed by atoms with E-state index >= 15 is 0 Å². The van der Waals surface area contributed by atoms with Gasteiger partial charge >= 0.3 is 5.97 Å². The van der Waals surface area contributed by atoms with Crippen molar-refractivity contribution in [3.05, 3.63) is 30.6 Å². The Hall–Kier alpha value is -3.54. The number of hydrogen-bond acceptors (Lipinski definition) is 12. The Bertz CT molecular complexity index is 740. The molecule has 0 saturated carbocycles. The highest BCUT2D eigenvalue weighted by Gasteiger charge is 2.19. The van der Waals surface area contributed by atoms with Crippen molar-refractivity contribution in [2.75, 3.05) is 11.5 Å². The number of carbonyl (C=O) groups is 1. The van der Waals surface area contributed by atoms with E-state index in [0.717, 1.165) is 0 Å². The number of nitrogens with zero attached hydrogens (tertiary/aromatic N) is 5. The van der Waals surface area contributed by atoms with Gasteiger partial charge in [0.05, 0.1) is 6.34 Å². The highest BCUT2D eigenvalue weighted by Crippen LogP contribution is 2.15. The number of esters is 1. The molecule has 0 fully saturated rings. The molecule has 2 unspecified atom stereocenters. The number of ether oxygens (including phenoxy) is 1. The number of nitrogens with two attached hydrogens (primary N) is 4. The van der Waals surface area contributed by atoms with Crippen molar-refractivity contribution in [1.29, 1.82) is 0 Å². The number of nitrogens with one attached hydrogen (secondary N) is 1. The second kappa shape index (κ2) is 8.53. The maximum absolute atomic E-state index is 11.2. The molecule has 0 aromatic carbocycles. The normalized spacial score (nSPS) is 19.1. The monoisotopic (exact) mass is 362 g/mol. The standard InChI is InChI=1S/C9H13N5O2.C5H9N5/c1-4(2)7(15)16-5(3)6-12-8(10)14-9(11)13-6;1-2-5(7)9-3-8-4(6)10-5/h5H,1H2,2-3H3,(H4,10,11,12,13,14);2-3H,1,7H2,(H3,6,8,9,10). The number of rotatable bonds is 4. The largest absolute Gasteiger partial charge is 0.451 e. The molecule has 2 heterocycles. The Labute approximate surface area is 150 Å². The zero-order valence-electron chi connectivity index (χ0n) is 14.5. The predicted octanol–water partition coefficient (Wildman–Crippen LogP) is -1.05. The third kappa shape index (κ3) is 6.16. The summed E-state index contributed by atoms with van der Waals surface area (Å²) in [7, 11) is 0. The summed E-state index contributed by atoms with van der Waals surface area (Å²) in [5, 5.41) is 2.68. The molecule has 0 spiro atoms. The molecule has 0 amide bonds. The van der Waals surface area contributed by atoms with Crippen LogP contribution in [0.2, 0.25) is 0 Å². The van der Waals surface area contributed by atoms with Gasteiger partial charge < -0.3 is 27.3 Å². The molecule has 0 radical (unpaired) electrons. The highest BCUT2D eigenvalue weighted by atomic mass is 16.5. The molecule has 1 aliphatic rings. The zero-order chi connectivity index (χ0) is 19.9. The topological polar surface area (TPSA) is 206 Å². The zero-order valence-corrected chi connectivity index (χ0v) is 14.5. The highest BCUT2D eigenvalue weighted by molar-refractivity contribution is 5.88. The van der Waals surface area contributed by atoms with Gasteiger partial charge in [-0.15, -0.1) is 0 Å². The summed E-state index contributed by atoms with van der Waals surface area (Å²) in [5.74, 6) is -1.17. The number of anilines is 2. The maximum Gasteiger partial charge on any atom is 0.333 e. The minimum Gasteiger partial charge on any atom is -0.451 e. The maximum atomic E-state index is 11.2. The van der Waals surface area contributed by atoms with Crippen LogP contribution < -0.4 is 28.3 Å². The number of nitrogen functional groups attached to an aromatic ring is 2. The fourth-order valence-corrected chi connectivity index (χ4v) is 1.48. The van der Waals surface area contributed by atoms with Crippen molar-refractivity contribution in [3.63, 3.8) is 0 Å². The van der Waals surface area contributed by atoms with Crippen molar-refractivity contribution in [3.8, 4) is 0 Å². The lowest BCUT2D eigenvalue weighted by Gasteiger charge is -2.22. The molecule has 2 atom stereocenters. The van der Waals surface area contributed by atoms with Gasteiger partial charge in [0, 0.05) is 5.57 Å². The molecule has 0 aliphatic carbocycles. The summed E-state index contributed by atoms with van der Waals surface area (Å²) in [5.41, 5.74) is 21.9. The fraction of sp³-hybridized carbons (Fsp3) is 0.286. The van der Waals surface area contributed by atoms with Gasteiger partial charge in [-0.25, -0.2) is 14.8 Å². The van der Waals surface area contributed by atoms with E-state index in [1.54, 1.807) is 13.8 Å². The summed E-state index contributed by atoms with van der Waals surface area (Å²) < 4.78 is 5.01. The molecule has 26 heavy (non-hydrogen) atoms. The van der Waals surface area contributed by atoms with Gasteiger partial charge in [0.25, 0.3) is 0 Å². The van der Waals surface area contributed by atoms with E-state index in [1.807, 2.05) is 0 Å². The van der Waals surface area contributed by atoms with Crippen LogP contribution in [0.15, 0.2) is 34.8 Å². The molecule has 0 bridgehead atoms. The van der Waals surface area contributed by atoms with Gasteiger partial charge in [0.15, 0.2) is 11.9 Å². The quantitative estimate of drug-likeness (QED) is 0.249. The molecular weight excluding hydrogens is 340 g/mol. The molecule has 12 nitrogen and oxygen atoms in total. The Balaban J connectivity index is 0.000000289. The van der Waals surface area contributed by atoms with Crippen LogP contribution in [0.3, 0.4) is 0 Å². The number of aromatic nitrogens is 3. The second-order valence-corrected chi connectivity index (χ2v) is 5.14. The Kier molecular flexibility index (Phi) is 6.72. The first-order valence-electron chi connectivity index (χ1n) is 7.27. The first kappa shape index (κ1) is 20.5. The smallest absolute Gasteiger partial charge is 0.333 e. The summed E-state index contributed by atoms with van der Waals surface area (Å²) >= 11 is 0. The lowest BCUT2D eigenvalue weighted by molar-refractivity contribution is -0.144. The van der Waals surface area contributed by atoms with Crippen LogP contribution >= 0.6 is 0 Å². The van der Waals surface area contributed by atoms with Crippen molar-refractivity contribution < 1.29 is 9.53 Å². The van der Waals surface area contributed by atoms with Crippen molar-refractivity contribution >= 4 is 30.2 Å². The van der Waals surface area contributed by atoms with Crippen LogP contribution in [0.25, 0.3) is 0 Å². The van der Waals surface area contributed by atoms with Crippen molar-refractivity contribution in [2.45, 2.75) is 25.7 Å². The molecule has 1 aromatic rings. The molecule has 0 saturated heterocycles. The van der Waals surface area contributed by atoms with Crippen LogP contribution in [0.1, 0.15) is 25.8 Å². The molecular formula is C14H22N10O2. The first-order valence-corrected chi connectivity index (χ1v) is 7.27. The Morgan fingerprint density at radius 1 is 1.31 bits per heavy atom. The molecule has 12 heteroatoms. The van der Waals surface area contributed by atoms with E-state index < -0.39 is 17.9 Å². The van der Waals surface area contributed by atoms with Crippen LogP contribution in [-0.4, -0.2) is 39.0 Å². The number of hydrogen-bond donors (Lipinski definition) is 5. The predicted molar refractivity (Wildman–Crippen MR) is 98.3 cm³/mol. The van der Waals surface area contributed by atoms with Gasteiger partial charge in [0.2, 0.25) is 23.6 Å². The van der Waals surface area contributed by atoms with E-state index in [9.17, 15) is 4.79 Å². The summed E-state index contributed by atoms with van der Waals surface area (Å²) in [6.07, 6.45) is 2.19. The van der Waals surface area contributed by atoms with Gasteiger partial charge in [-0.3, -0.25) is 5.73 Å². The average Bonchev–Trinajstić information content (AvgIpc) is 2.54. The minimum atomic E-state index is -0.980. The molecule has 140 valence electrons. The van der Waals surface area contributed by atoms with E-state index in [0.29, 0.717) is 5.57 Å². The van der Waals surface area contributed by atoms with Crippen LogP contribution in [0.4, 0.5) is 11.9 Å². The summed E-state index contributed by atoms with van der Waals surface area (Å²) in [6.45, 7) is 10.1. The lowest BCUT2D eigenvalue weighted by atomic mass is 10.3.